The molecule has 98 valence electrons. The van der Waals surface area contributed by atoms with Crippen molar-refractivity contribution in [3.8, 4) is 0 Å². The molecule has 1 aliphatic heterocycles. The van der Waals surface area contributed by atoms with Crippen molar-refractivity contribution in [3.63, 3.8) is 0 Å². The zero-order valence-corrected chi connectivity index (χ0v) is 11.6. The SMILES string of the molecule is C[C@H]1CNCCN1C(=O)Nc1ccc(Cl)c(Cl)c1. The van der Waals surface area contributed by atoms with E-state index in [2.05, 4.69) is 10.6 Å². The number of urea groups is 1. The molecule has 18 heavy (non-hydrogen) atoms. The maximum absolute atomic E-state index is 12.1. The molecule has 0 bridgehead atoms. The summed E-state index contributed by atoms with van der Waals surface area (Å²) in [6, 6.07) is 5.12. The van der Waals surface area contributed by atoms with Crippen LogP contribution in [0.15, 0.2) is 18.2 Å². The normalized spacial score (nSPS) is 19.7. The van der Waals surface area contributed by atoms with Crippen LogP contribution in [0.1, 0.15) is 6.92 Å². The van der Waals surface area contributed by atoms with Crippen LogP contribution in [0.4, 0.5) is 10.5 Å². The summed E-state index contributed by atoms with van der Waals surface area (Å²) < 4.78 is 0. The highest BCUT2D eigenvalue weighted by molar-refractivity contribution is 6.42. The number of nitrogens with zero attached hydrogens (tertiary/aromatic N) is 1. The molecule has 0 spiro atoms. The molecule has 0 aliphatic carbocycles. The first-order valence-corrected chi connectivity index (χ1v) is 6.57. The van der Waals surface area contributed by atoms with Crippen LogP contribution in [0.5, 0.6) is 0 Å². The molecular formula is C12H15Cl2N3O. The van der Waals surface area contributed by atoms with E-state index in [9.17, 15) is 4.79 Å². The van der Waals surface area contributed by atoms with E-state index in [-0.39, 0.29) is 12.1 Å². The Morgan fingerprint density at radius 3 is 2.89 bits per heavy atom. The number of carbonyl (C=O) groups is 1. The summed E-state index contributed by atoms with van der Waals surface area (Å²) >= 11 is 11.7. The van der Waals surface area contributed by atoms with E-state index in [4.69, 9.17) is 23.2 Å². The predicted molar refractivity (Wildman–Crippen MR) is 74.5 cm³/mol. The van der Waals surface area contributed by atoms with E-state index in [1.54, 1.807) is 23.1 Å². The van der Waals surface area contributed by atoms with Crippen molar-refractivity contribution in [1.82, 2.24) is 10.2 Å². The third-order valence-corrected chi connectivity index (χ3v) is 3.67. The molecule has 0 radical (unpaired) electrons. The minimum Gasteiger partial charge on any atom is -0.319 e. The minimum absolute atomic E-state index is 0.109. The number of nitrogens with one attached hydrogen (secondary N) is 2. The first kappa shape index (κ1) is 13.5. The smallest absolute Gasteiger partial charge is 0.319 e. The summed E-state index contributed by atoms with van der Waals surface area (Å²) in [5.74, 6) is 0. The van der Waals surface area contributed by atoms with Gasteiger partial charge in [0.05, 0.1) is 10.0 Å². The first-order chi connectivity index (χ1) is 8.58. The Hall–Kier alpha value is -0.970. The van der Waals surface area contributed by atoms with Crippen LogP contribution in [0.2, 0.25) is 10.0 Å². The molecule has 1 heterocycles. The van der Waals surface area contributed by atoms with Gasteiger partial charge >= 0.3 is 6.03 Å². The maximum atomic E-state index is 12.1. The highest BCUT2D eigenvalue weighted by Gasteiger charge is 2.22. The lowest BCUT2D eigenvalue weighted by Gasteiger charge is -2.33. The number of rotatable bonds is 1. The molecule has 1 aliphatic rings. The Kier molecular flexibility index (Phi) is 4.32. The van der Waals surface area contributed by atoms with Gasteiger partial charge in [0, 0.05) is 31.4 Å². The first-order valence-electron chi connectivity index (χ1n) is 5.81. The van der Waals surface area contributed by atoms with Gasteiger partial charge in [-0.3, -0.25) is 0 Å². The third kappa shape index (κ3) is 3.07. The quantitative estimate of drug-likeness (QED) is 0.834. The summed E-state index contributed by atoms with van der Waals surface area (Å²) in [7, 11) is 0. The van der Waals surface area contributed by atoms with E-state index in [1.165, 1.54) is 0 Å². The number of anilines is 1. The van der Waals surface area contributed by atoms with E-state index < -0.39 is 0 Å². The van der Waals surface area contributed by atoms with Gasteiger partial charge in [-0.2, -0.15) is 0 Å². The number of amides is 2. The maximum Gasteiger partial charge on any atom is 0.322 e. The third-order valence-electron chi connectivity index (χ3n) is 2.93. The Balaban J connectivity index is 2.04. The Morgan fingerprint density at radius 2 is 2.22 bits per heavy atom. The summed E-state index contributed by atoms with van der Waals surface area (Å²) in [5, 5.41) is 6.98. The van der Waals surface area contributed by atoms with Crippen LogP contribution in [-0.2, 0) is 0 Å². The van der Waals surface area contributed by atoms with Crippen LogP contribution in [0, 0.1) is 0 Å². The summed E-state index contributed by atoms with van der Waals surface area (Å²) in [5.41, 5.74) is 0.653. The fourth-order valence-corrected chi connectivity index (χ4v) is 2.21. The molecule has 0 unspecified atom stereocenters. The summed E-state index contributed by atoms with van der Waals surface area (Å²) in [6.45, 7) is 4.35. The van der Waals surface area contributed by atoms with Gasteiger partial charge in [-0.15, -0.1) is 0 Å². The highest BCUT2D eigenvalue weighted by Crippen LogP contribution is 2.25. The second-order valence-electron chi connectivity index (χ2n) is 4.31. The van der Waals surface area contributed by atoms with E-state index in [0.717, 1.165) is 13.1 Å². The molecule has 1 atom stereocenters. The fraction of sp³-hybridized carbons (Fsp3) is 0.417. The predicted octanol–water partition coefficient (Wildman–Crippen LogP) is 2.82. The lowest BCUT2D eigenvalue weighted by molar-refractivity contribution is 0.177. The Labute approximate surface area is 116 Å². The number of piperazine rings is 1. The van der Waals surface area contributed by atoms with Gasteiger partial charge in [-0.25, -0.2) is 4.79 Å². The van der Waals surface area contributed by atoms with Crippen LogP contribution in [0.25, 0.3) is 0 Å². The van der Waals surface area contributed by atoms with Crippen LogP contribution in [0.3, 0.4) is 0 Å². The molecule has 0 saturated carbocycles. The molecule has 1 fully saturated rings. The monoisotopic (exact) mass is 287 g/mol. The molecule has 2 amide bonds. The van der Waals surface area contributed by atoms with Crippen molar-refractivity contribution in [3.05, 3.63) is 28.2 Å². The summed E-state index contributed by atoms with van der Waals surface area (Å²) in [6.07, 6.45) is 0. The van der Waals surface area contributed by atoms with Crippen molar-refractivity contribution in [2.75, 3.05) is 25.0 Å². The van der Waals surface area contributed by atoms with Crippen molar-refractivity contribution in [2.24, 2.45) is 0 Å². The largest absolute Gasteiger partial charge is 0.322 e. The van der Waals surface area contributed by atoms with E-state index in [0.29, 0.717) is 22.3 Å². The number of carbonyl (C=O) groups excluding carboxylic acids is 1. The minimum atomic E-state index is -0.109. The number of hydrogen-bond acceptors (Lipinski definition) is 2. The molecule has 1 saturated heterocycles. The molecule has 6 heteroatoms. The van der Waals surface area contributed by atoms with Crippen molar-refractivity contribution < 1.29 is 4.79 Å². The zero-order valence-electron chi connectivity index (χ0n) is 10.0. The average Bonchev–Trinajstić information content (AvgIpc) is 2.34. The van der Waals surface area contributed by atoms with Crippen molar-refractivity contribution in [1.29, 1.82) is 0 Å². The molecule has 4 nitrogen and oxygen atoms in total. The lowest BCUT2D eigenvalue weighted by Crippen LogP contribution is -2.53. The van der Waals surface area contributed by atoms with E-state index >= 15 is 0 Å². The number of hydrogen-bond donors (Lipinski definition) is 2. The molecule has 1 aromatic rings. The molecule has 2 N–H and O–H groups in total. The van der Waals surface area contributed by atoms with Gasteiger partial charge in [0.2, 0.25) is 0 Å². The average molecular weight is 288 g/mol. The molecule has 0 aromatic heterocycles. The van der Waals surface area contributed by atoms with Gasteiger partial charge in [0.15, 0.2) is 0 Å². The zero-order chi connectivity index (χ0) is 13.1. The second-order valence-corrected chi connectivity index (χ2v) is 5.12. The van der Waals surface area contributed by atoms with Gasteiger partial charge < -0.3 is 15.5 Å². The Morgan fingerprint density at radius 1 is 1.44 bits per heavy atom. The summed E-state index contributed by atoms with van der Waals surface area (Å²) in [4.78, 5) is 13.9. The molecule has 2 rings (SSSR count). The lowest BCUT2D eigenvalue weighted by atomic mass is 10.2. The number of benzene rings is 1. The standard InChI is InChI=1S/C12H15Cl2N3O/c1-8-7-15-4-5-17(8)12(18)16-9-2-3-10(13)11(14)6-9/h2-3,6,8,15H,4-5,7H2,1H3,(H,16,18)/t8-/m0/s1. The van der Waals surface area contributed by atoms with Gasteiger partial charge in [0.1, 0.15) is 0 Å². The van der Waals surface area contributed by atoms with Gasteiger partial charge in [-0.05, 0) is 25.1 Å². The molecule has 1 aromatic carbocycles. The van der Waals surface area contributed by atoms with Crippen LogP contribution < -0.4 is 10.6 Å². The van der Waals surface area contributed by atoms with Crippen LogP contribution >= 0.6 is 23.2 Å². The second kappa shape index (κ2) is 5.78. The van der Waals surface area contributed by atoms with Crippen LogP contribution in [-0.4, -0.2) is 36.6 Å². The highest BCUT2D eigenvalue weighted by atomic mass is 35.5. The number of halogens is 2. The van der Waals surface area contributed by atoms with Crippen molar-refractivity contribution >= 4 is 34.9 Å². The Bertz CT molecular complexity index is 453. The van der Waals surface area contributed by atoms with Gasteiger partial charge in [-0.1, -0.05) is 23.2 Å². The molecular weight excluding hydrogens is 273 g/mol. The van der Waals surface area contributed by atoms with E-state index in [1.807, 2.05) is 6.92 Å². The topological polar surface area (TPSA) is 44.4 Å². The fourth-order valence-electron chi connectivity index (χ4n) is 1.91. The van der Waals surface area contributed by atoms with Crippen molar-refractivity contribution in [2.45, 2.75) is 13.0 Å². The van der Waals surface area contributed by atoms with Gasteiger partial charge in [0.25, 0.3) is 0 Å².